The lowest BCUT2D eigenvalue weighted by Gasteiger charge is -2.40. The van der Waals surface area contributed by atoms with E-state index in [1.54, 1.807) is 18.7 Å². The third kappa shape index (κ3) is 4.39. The number of halogens is 2. The van der Waals surface area contributed by atoms with Crippen molar-refractivity contribution in [3.8, 4) is 0 Å². The third-order valence-electron chi connectivity index (χ3n) is 5.54. The zero-order valence-electron chi connectivity index (χ0n) is 16.2. The van der Waals surface area contributed by atoms with Crippen LogP contribution in [0.3, 0.4) is 0 Å². The Bertz CT molecular complexity index is 986. The highest BCUT2D eigenvalue weighted by atomic mass is 32.2. The summed E-state index contributed by atoms with van der Waals surface area (Å²) in [5.74, 6) is -1.42. The van der Waals surface area contributed by atoms with E-state index in [1.807, 2.05) is 0 Å². The maximum Gasteiger partial charge on any atom is 0.321 e. The van der Waals surface area contributed by atoms with Crippen LogP contribution in [0.5, 0.6) is 0 Å². The lowest BCUT2D eigenvalue weighted by molar-refractivity contribution is 0.171. The van der Waals surface area contributed by atoms with Gasteiger partial charge in [-0.1, -0.05) is 6.07 Å². The van der Waals surface area contributed by atoms with Crippen LogP contribution in [0, 0.1) is 17.7 Å². The molecule has 29 heavy (non-hydrogen) atoms. The van der Waals surface area contributed by atoms with Gasteiger partial charge >= 0.3 is 6.03 Å². The van der Waals surface area contributed by atoms with Crippen LogP contribution in [0.1, 0.15) is 26.7 Å². The van der Waals surface area contributed by atoms with Crippen molar-refractivity contribution in [3.05, 3.63) is 54.4 Å². The molecule has 2 heterocycles. The largest absolute Gasteiger partial charge is 0.325 e. The molecule has 156 valence electrons. The first kappa shape index (κ1) is 21.2. The van der Waals surface area contributed by atoms with E-state index in [9.17, 15) is 22.0 Å². The molecule has 1 aliphatic rings. The molecule has 1 fully saturated rings. The van der Waals surface area contributed by atoms with Gasteiger partial charge < -0.3 is 10.2 Å². The Morgan fingerprint density at radius 2 is 1.86 bits per heavy atom. The second kappa shape index (κ2) is 8.06. The number of carbonyl (C=O) groups is 1. The normalized spacial score (nSPS) is 15.9. The molecule has 1 N–H and O–H groups in total. The minimum Gasteiger partial charge on any atom is -0.325 e. The zero-order valence-corrected chi connectivity index (χ0v) is 17.0. The van der Waals surface area contributed by atoms with E-state index in [4.69, 9.17) is 0 Å². The number of urea groups is 1. The van der Waals surface area contributed by atoms with Gasteiger partial charge in [0.1, 0.15) is 5.82 Å². The van der Waals surface area contributed by atoms with E-state index in [1.165, 1.54) is 30.5 Å². The van der Waals surface area contributed by atoms with Crippen molar-refractivity contribution in [1.82, 2.24) is 9.88 Å². The van der Waals surface area contributed by atoms with E-state index < -0.39 is 26.3 Å². The molecule has 1 aromatic heterocycles. The highest BCUT2D eigenvalue weighted by Gasteiger charge is 2.44. The molecular weight excluding hydrogens is 400 g/mol. The minimum atomic E-state index is -3.75. The number of pyridine rings is 1. The Balaban J connectivity index is 1.66. The molecule has 0 bridgehead atoms. The van der Waals surface area contributed by atoms with Crippen LogP contribution in [0.25, 0.3) is 0 Å². The number of anilines is 1. The average Bonchev–Trinajstić information content (AvgIpc) is 2.69. The maximum absolute atomic E-state index is 13.5. The first-order valence-corrected chi connectivity index (χ1v) is 10.8. The van der Waals surface area contributed by atoms with Crippen LogP contribution in [0.15, 0.2) is 47.5 Å². The fraction of sp³-hybridized carbons (Fsp3) is 0.400. The van der Waals surface area contributed by atoms with E-state index in [-0.39, 0.29) is 16.8 Å². The van der Waals surface area contributed by atoms with Gasteiger partial charge in [0.15, 0.2) is 9.84 Å². The van der Waals surface area contributed by atoms with Gasteiger partial charge in [-0.2, -0.15) is 4.39 Å². The summed E-state index contributed by atoms with van der Waals surface area (Å²) in [6.45, 7) is 4.07. The Morgan fingerprint density at radius 3 is 2.45 bits per heavy atom. The number of carbonyl (C=O) groups excluding carboxylic acids is 1. The van der Waals surface area contributed by atoms with Crippen molar-refractivity contribution in [2.45, 2.75) is 36.3 Å². The molecule has 6 nitrogen and oxygen atoms in total. The molecule has 1 aliphatic heterocycles. The number of nitrogens with zero attached hydrogens (tertiary/aromatic N) is 2. The van der Waals surface area contributed by atoms with Crippen LogP contribution in [0.2, 0.25) is 0 Å². The lowest BCUT2D eigenvalue weighted by Crippen LogP contribution is -2.48. The summed E-state index contributed by atoms with van der Waals surface area (Å²) < 4.78 is 51.5. The molecule has 0 spiro atoms. The van der Waals surface area contributed by atoms with Crippen molar-refractivity contribution >= 4 is 21.6 Å². The SMILES string of the molecule is CC(C)(C1CCN(C(=O)Nc2ccc(F)nc2)CC1)S(=O)(=O)c1cccc(F)c1. The zero-order chi connectivity index (χ0) is 21.2. The second-order valence-electron chi connectivity index (χ2n) is 7.63. The molecule has 2 aromatic rings. The van der Waals surface area contributed by atoms with Crippen LogP contribution in [-0.2, 0) is 9.84 Å². The number of aromatic nitrogens is 1. The summed E-state index contributed by atoms with van der Waals surface area (Å²) in [6, 6.07) is 7.26. The van der Waals surface area contributed by atoms with Crippen LogP contribution in [0.4, 0.5) is 19.3 Å². The molecular formula is C20H23F2N3O3S. The van der Waals surface area contributed by atoms with E-state index in [2.05, 4.69) is 10.3 Å². The smallest absolute Gasteiger partial charge is 0.321 e. The number of amides is 2. The summed E-state index contributed by atoms with van der Waals surface area (Å²) in [7, 11) is -3.75. The fourth-order valence-electron chi connectivity index (χ4n) is 3.59. The molecule has 0 saturated carbocycles. The molecule has 9 heteroatoms. The van der Waals surface area contributed by atoms with Crippen molar-refractivity contribution in [2.24, 2.45) is 5.92 Å². The van der Waals surface area contributed by atoms with Crippen LogP contribution in [-0.4, -0.2) is 42.2 Å². The molecule has 2 amide bonds. The second-order valence-corrected chi connectivity index (χ2v) is 10.2. The molecule has 0 aliphatic carbocycles. The highest BCUT2D eigenvalue weighted by molar-refractivity contribution is 7.92. The predicted octanol–water partition coefficient (Wildman–Crippen LogP) is 3.86. The summed E-state index contributed by atoms with van der Waals surface area (Å²) in [4.78, 5) is 17.4. The quantitative estimate of drug-likeness (QED) is 0.758. The summed E-state index contributed by atoms with van der Waals surface area (Å²) in [6.07, 6.45) is 2.22. The first-order valence-electron chi connectivity index (χ1n) is 9.29. The van der Waals surface area contributed by atoms with Gasteiger partial charge in [0.05, 0.1) is 21.5 Å². The Morgan fingerprint density at radius 1 is 1.17 bits per heavy atom. The number of nitrogens with one attached hydrogen (secondary N) is 1. The van der Waals surface area contributed by atoms with Gasteiger partial charge in [-0.05, 0) is 62.9 Å². The van der Waals surface area contributed by atoms with Crippen molar-refractivity contribution in [2.75, 3.05) is 18.4 Å². The summed E-state index contributed by atoms with van der Waals surface area (Å²) >= 11 is 0. The van der Waals surface area contributed by atoms with Crippen LogP contribution < -0.4 is 5.32 Å². The van der Waals surface area contributed by atoms with Gasteiger partial charge in [0.25, 0.3) is 0 Å². The number of hydrogen-bond donors (Lipinski definition) is 1. The molecule has 3 rings (SSSR count). The Labute approximate surface area is 168 Å². The summed E-state index contributed by atoms with van der Waals surface area (Å²) in [5, 5.41) is 2.65. The lowest BCUT2D eigenvalue weighted by atomic mass is 9.86. The Kier molecular flexibility index (Phi) is 5.88. The number of likely N-dealkylation sites (tertiary alicyclic amines) is 1. The van der Waals surface area contributed by atoms with E-state index in [0.29, 0.717) is 31.6 Å². The van der Waals surface area contributed by atoms with Gasteiger partial charge in [0.2, 0.25) is 5.95 Å². The third-order valence-corrected chi connectivity index (χ3v) is 8.14. The molecule has 0 atom stereocenters. The highest BCUT2D eigenvalue weighted by Crippen LogP contribution is 2.38. The number of sulfone groups is 1. The number of hydrogen-bond acceptors (Lipinski definition) is 4. The molecule has 0 unspecified atom stereocenters. The molecule has 0 radical (unpaired) electrons. The van der Waals surface area contributed by atoms with Gasteiger partial charge in [-0.25, -0.2) is 22.6 Å². The van der Waals surface area contributed by atoms with Crippen molar-refractivity contribution < 1.29 is 22.0 Å². The van der Waals surface area contributed by atoms with Gasteiger partial charge in [-0.15, -0.1) is 0 Å². The van der Waals surface area contributed by atoms with Gasteiger partial charge in [0, 0.05) is 13.1 Å². The predicted molar refractivity (Wildman–Crippen MR) is 105 cm³/mol. The monoisotopic (exact) mass is 423 g/mol. The average molecular weight is 423 g/mol. The van der Waals surface area contributed by atoms with Crippen molar-refractivity contribution in [3.63, 3.8) is 0 Å². The number of piperidine rings is 1. The summed E-state index contributed by atoms with van der Waals surface area (Å²) in [5.41, 5.74) is 0.382. The topological polar surface area (TPSA) is 79.4 Å². The van der Waals surface area contributed by atoms with Crippen molar-refractivity contribution in [1.29, 1.82) is 0 Å². The number of rotatable bonds is 4. The molecule has 1 aromatic carbocycles. The van der Waals surface area contributed by atoms with Gasteiger partial charge in [-0.3, -0.25) is 0 Å². The van der Waals surface area contributed by atoms with E-state index >= 15 is 0 Å². The molecule has 1 saturated heterocycles. The minimum absolute atomic E-state index is 0.0357. The fourth-order valence-corrected chi connectivity index (χ4v) is 5.39. The number of benzene rings is 1. The van der Waals surface area contributed by atoms with Crippen LogP contribution >= 0.6 is 0 Å². The standard InChI is InChI=1S/C20H23F2N3O3S/c1-20(2,29(27,28)17-5-3-4-15(21)12-17)14-8-10-25(11-9-14)19(26)24-16-6-7-18(22)23-13-16/h3-7,12-14H,8-11H2,1-2H3,(H,24,26). The first-order chi connectivity index (χ1) is 13.6. The maximum atomic E-state index is 13.5. The Hall–Kier alpha value is -2.55. The van der Waals surface area contributed by atoms with E-state index in [0.717, 1.165) is 12.1 Å².